The third-order valence-corrected chi connectivity index (χ3v) is 3.63. The van der Waals surface area contributed by atoms with Gasteiger partial charge in [0.15, 0.2) is 0 Å². The Bertz CT molecular complexity index is 726. The number of carbonyl (C=O) groups is 2. The average Bonchev–Trinajstić information content (AvgIpc) is 2.60. The van der Waals surface area contributed by atoms with E-state index >= 15 is 0 Å². The molecule has 6 heteroatoms. The molecule has 0 spiro atoms. The fourth-order valence-corrected chi connectivity index (χ4v) is 2.15. The molecule has 0 atom stereocenters. The number of nitrogens with one attached hydrogen (secondary N) is 2. The number of amides is 2. The first kappa shape index (κ1) is 18.6. The Labute approximate surface area is 148 Å². The van der Waals surface area contributed by atoms with Gasteiger partial charge in [-0.2, -0.15) is 0 Å². The Balaban J connectivity index is 1.93. The normalized spacial score (nSPS) is 10.6. The van der Waals surface area contributed by atoms with Crippen molar-refractivity contribution in [3.05, 3.63) is 65.0 Å². The second-order valence-electron chi connectivity index (χ2n) is 6.14. The molecule has 0 fully saturated rings. The summed E-state index contributed by atoms with van der Waals surface area (Å²) >= 11 is 0. The van der Waals surface area contributed by atoms with E-state index in [1.54, 1.807) is 18.2 Å². The first-order valence-electron chi connectivity index (χ1n) is 8.19. The van der Waals surface area contributed by atoms with Crippen LogP contribution in [-0.2, 0) is 6.54 Å². The van der Waals surface area contributed by atoms with Crippen LogP contribution in [0.25, 0.3) is 0 Å². The highest BCUT2D eigenvalue weighted by Crippen LogP contribution is 2.04. The highest BCUT2D eigenvalue weighted by Gasteiger charge is 2.12. The summed E-state index contributed by atoms with van der Waals surface area (Å²) in [6, 6.07) is 12.8. The second kappa shape index (κ2) is 8.94. The van der Waals surface area contributed by atoms with Crippen LogP contribution in [0, 0.1) is 6.92 Å². The maximum Gasteiger partial charge on any atom is 0.270 e. The molecule has 1 heterocycles. The lowest BCUT2D eigenvalue weighted by atomic mass is 10.1. The smallest absolute Gasteiger partial charge is 0.270 e. The summed E-state index contributed by atoms with van der Waals surface area (Å²) < 4.78 is 0. The maximum atomic E-state index is 12.3. The fraction of sp³-hybridized carbons (Fsp3) is 0.316. The SMILES string of the molecule is Cc1ccc(CNC(=O)c2cccc(C(=O)NCCN(C)C)n2)cc1. The van der Waals surface area contributed by atoms with E-state index < -0.39 is 0 Å². The van der Waals surface area contributed by atoms with Crippen LogP contribution in [0.3, 0.4) is 0 Å². The molecule has 0 saturated heterocycles. The number of nitrogens with zero attached hydrogens (tertiary/aromatic N) is 2. The molecule has 0 bridgehead atoms. The predicted molar refractivity (Wildman–Crippen MR) is 97.5 cm³/mol. The molecule has 2 rings (SSSR count). The van der Waals surface area contributed by atoms with Crippen LogP contribution in [0.4, 0.5) is 0 Å². The molecule has 1 aromatic heterocycles. The van der Waals surface area contributed by atoms with Crippen molar-refractivity contribution >= 4 is 11.8 Å². The van der Waals surface area contributed by atoms with E-state index in [2.05, 4.69) is 15.6 Å². The average molecular weight is 340 g/mol. The van der Waals surface area contributed by atoms with Gasteiger partial charge in [-0.05, 0) is 38.7 Å². The van der Waals surface area contributed by atoms with Crippen LogP contribution in [-0.4, -0.2) is 48.9 Å². The van der Waals surface area contributed by atoms with Crippen LogP contribution in [0.5, 0.6) is 0 Å². The first-order valence-corrected chi connectivity index (χ1v) is 8.19. The Kier molecular flexibility index (Phi) is 6.65. The summed E-state index contributed by atoms with van der Waals surface area (Å²) in [5.41, 5.74) is 2.65. The van der Waals surface area contributed by atoms with Crippen LogP contribution in [0.1, 0.15) is 32.1 Å². The number of likely N-dealkylation sites (N-methyl/N-ethyl adjacent to an activating group) is 1. The number of aromatic nitrogens is 1. The number of benzene rings is 1. The standard InChI is InChI=1S/C19H24N4O2/c1-14-7-9-15(10-8-14)13-21-19(25)17-6-4-5-16(22-17)18(24)20-11-12-23(2)3/h4-10H,11-13H2,1-3H3,(H,20,24)(H,21,25). The Morgan fingerprint density at radius 1 is 0.960 bits per heavy atom. The van der Waals surface area contributed by atoms with Gasteiger partial charge in [-0.1, -0.05) is 35.9 Å². The van der Waals surface area contributed by atoms with Crippen molar-refractivity contribution in [3.63, 3.8) is 0 Å². The lowest BCUT2D eigenvalue weighted by Crippen LogP contribution is -2.32. The molecule has 1 aromatic carbocycles. The lowest BCUT2D eigenvalue weighted by molar-refractivity contribution is 0.0941. The molecular weight excluding hydrogens is 316 g/mol. The van der Waals surface area contributed by atoms with E-state index in [-0.39, 0.29) is 23.2 Å². The third kappa shape index (κ3) is 6.00. The van der Waals surface area contributed by atoms with Gasteiger partial charge >= 0.3 is 0 Å². The van der Waals surface area contributed by atoms with Crippen molar-refractivity contribution in [3.8, 4) is 0 Å². The van der Waals surface area contributed by atoms with Gasteiger partial charge in [-0.15, -0.1) is 0 Å². The van der Waals surface area contributed by atoms with Crippen molar-refractivity contribution in [2.24, 2.45) is 0 Å². The number of aryl methyl sites for hydroxylation is 1. The topological polar surface area (TPSA) is 74.3 Å². The Morgan fingerprint density at radius 2 is 1.56 bits per heavy atom. The van der Waals surface area contributed by atoms with E-state index in [4.69, 9.17) is 0 Å². The van der Waals surface area contributed by atoms with Crippen molar-refractivity contribution in [2.75, 3.05) is 27.2 Å². The van der Waals surface area contributed by atoms with Gasteiger partial charge in [-0.25, -0.2) is 4.98 Å². The molecule has 0 radical (unpaired) electrons. The van der Waals surface area contributed by atoms with E-state index in [1.807, 2.05) is 50.2 Å². The summed E-state index contributed by atoms with van der Waals surface area (Å²) in [4.78, 5) is 30.5. The molecule has 0 saturated carbocycles. The van der Waals surface area contributed by atoms with Gasteiger partial charge in [-0.3, -0.25) is 9.59 Å². The molecule has 2 aromatic rings. The first-order chi connectivity index (χ1) is 12.0. The molecule has 0 unspecified atom stereocenters. The predicted octanol–water partition coefficient (Wildman–Crippen LogP) is 1.61. The van der Waals surface area contributed by atoms with Gasteiger partial charge in [0.25, 0.3) is 11.8 Å². The highest BCUT2D eigenvalue weighted by atomic mass is 16.2. The minimum atomic E-state index is -0.302. The fourth-order valence-electron chi connectivity index (χ4n) is 2.15. The number of rotatable bonds is 7. The van der Waals surface area contributed by atoms with Crippen LogP contribution in [0.2, 0.25) is 0 Å². The van der Waals surface area contributed by atoms with Gasteiger partial charge in [0.1, 0.15) is 11.4 Å². The highest BCUT2D eigenvalue weighted by molar-refractivity contribution is 5.96. The molecule has 132 valence electrons. The molecule has 0 aliphatic rings. The van der Waals surface area contributed by atoms with Crippen LogP contribution < -0.4 is 10.6 Å². The molecule has 0 aliphatic carbocycles. The maximum absolute atomic E-state index is 12.3. The second-order valence-corrected chi connectivity index (χ2v) is 6.14. The van der Waals surface area contributed by atoms with Gasteiger partial charge in [0.2, 0.25) is 0 Å². The minimum absolute atomic E-state index is 0.229. The summed E-state index contributed by atoms with van der Waals surface area (Å²) in [7, 11) is 3.87. The van der Waals surface area contributed by atoms with Crippen molar-refractivity contribution in [1.29, 1.82) is 0 Å². The summed E-state index contributed by atoms with van der Waals surface area (Å²) in [5.74, 6) is -0.585. The zero-order valence-corrected chi connectivity index (χ0v) is 14.9. The quantitative estimate of drug-likeness (QED) is 0.803. The molecule has 2 N–H and O–H groups in total. The van der Waals surface area contributed by atoms with Gasteiger partial charge in [0.05, 0.1) is 0 Å². The molecule has 25 heavy (non-hydrogen) atoms. The van der Waals surface area contributed by atoms with Crippen molar-refractivity contribution < 1.29 is 9.59 Å². The summed E-state index contributed by atoms with van der Waals surface area (Å²) in [6.07, 6.45) is 0. The summed E-state index contributed by atoms with van der Waals surface area (Å²) in [6.45, 7) is 3.70. The van der Waals surface area contributed by atoms with Crippen LogP contribution in [0.15, 0.2) is 42.5 Å². The van der Waals surface area contributed by atoms with Crippen molar-refractivity contribution in [2.45, 2.75) is 13.5 Å². The zero-order valence-electron chi connectivity index (χ0n) is 14.9. The molecule has 6 nitrogen and oxygen atoms in total. The number of hydrogen-bond acceptors (Lipinski definition) is 4. The molecular formula is C19H24N4O2. The third-order valence-electron chi connectivity index (χ3n) is 3.63. The van der Waals surface area contributed by atoms with E-state index in [9.17, 15) is 9.59 Å². The zero-order chi connectivity index (χ0) is 18.2. The summed E-state index contributed by atoms with van der Waals surface area (Å²) in [5, 5.41) is 5.60. The monoisotopic (exact) mass is 340 g/mol. The van der Waals surface area contributed by atoms with Crippen molar-refractivity contribution in [1.82, 2.24) is 20.5 Å². The number of carbonyl (C=O) groups excluding carboxylic acids is 2. The van der Waals surface area contributed by atoms with E-state index in [0.29, 0.717) is 13.1 Å². The minimum Gasteiger partial charge on any atom is -0.349 e. The van der Waals surface area contributed by atoms with E-state index in [1.165, 1.54) is 5.56 Å². The van der Waals surface area contributed by atoms with Gasteiger partial charge < -0.3 is 15.5 Å². The number of pyridine rings is 1. The lowest BCUT2D eigenvalue weighted by Gasteiger charge is -2.10. The molecule has 0 aliphatic heterocycles. The van der Waals surface area contributed by atoms with Gasteiger partial charge in [0, 0.05) is 19.6 Å². The Morgan fingerprint density at radius 3 is 2.16 bits per heavy atom. The van der Waals surface area contributed by atoms with E-state index in [0.717, 1.165) is 12.1 Å². The number of hydrogen-bond donors (Lipinski definition) is 2. The largest absolute Gasteiger partial charge is 0.349 e. The Hall–Kier alpha value is -2.73. The van der Waals surface area contributed by atoms with Crippen LogP contribution >= 0.6 is 0 Å². The molecule has 2 amide bonds.